The number of aryl methyl sites for hydroxylation is 1. The fourth-order valence-corrected chi connectivity index (χ4v) is 5.13. The molecule has 33 heavy (non-hydrogen) atoms. The van der Waals surface area contributed by atoms with Crippen molar-refractivity contribution >= 4 is 11.8 Å². The topological polar surface area (TPSA) is 72.5 Å². The summed E-state index contributed by atoms with van der Waals surface area (Å²) in [6.07, 6.45) is 5.56. The standard InChI is InChI=1S/C26H37N5O2/c1-19-24(28-25(27-19)21-9-5-4-6-10-21)26(33)31-15-7-8-20(18-31)11-12-23(32)30(3)22-13-16-29(2)17-14-22/h4-6,9-10,20,22H,7-8,11-18H2,1-3H3,(H,27,28)/t20-/m1/s1. The van der Waals surface area contributed by atoms with Gasteiger partial charge in [-0.3, -0.25) is 9.59 Å². The average molecular weight is 452 g/mol. The van der Waals surface area contributed by atoms with Crippen LogP contribution in [0, 0.1) is 12.8 Å². The lowest BCUT2D eigenvalue weighted by molar-refractivity contribution is -0.133. The first-order valence-corrected chi connectivity index (χ1v) is 12.3. The van der Waals surface area contributed by atoms with E-state index >= 15 is 0 Å². The Morgan fingerprint density at radius 3 is 2.58 bits per heavy atom. The lowest BCUT2D eigenvalue weighted by Gasteiger charge is -2.36. The predicted octanol–water partition coefficient (Wildman–Crippen LogP) is 3.57. The molecule has 2 amide bonds. The zero-order chi connectivity index (χ0) is 23.4. The van der Waals surface area contributed by atoms with Gasteiger partial charge in [0.1, 0.15) is 11.5 Å². The first-order valence-electron chi connectivity index (χ1n) is 12.3. The lowest BCUT2D eigenvalue weighted by Crippen LogP contribution is -2.45. The van der Waals surface area contributed by atoms with Gasteiger partial charge in [0.15, 0.2) is 0 Å². The lowest BCUT2D eigenvalue weighted by atomic mass is 9.92. The highest BCUT2D eigenvalue weighted by Gasteiger charge is 2.29. The number of nitrogens with one attached hydrogen (secondary N) is 1. The van der Waals surface area contributed by atoms with Gasteiger partial charge in [0, 0.05) is 43.9 Å². The van der Waals surface area contributed by atoms with E-state index in [9.17, 15) is 9.59 Å². The molecule has 2 aromatic rings. The number of H-pyrrole nitrogens is 1. The van der Waals surface area contributed by atoms with Crippen LogP contribution >= 0.6 is 0 Å². The Morgan fingerprint density at radius 1 is 1.12 bits per heavy atom. The number of amides is 2. The smallest absolute Gasteiger partial charge is 0.274 e. The second-order valence-corrected chi connectivity index (χ2v) is 9.76. The van der Waals surface area contributed by atoms with Crippen LogP contribution in [0.4, 0.5) is 0 Å². The van der Waals surface area contributed by atoms with Gasteiger partial charge >= 0.3 is 0 Å². The number of rotatable bonds is 6. The van der Waals surface area contributed by atoms with E-state index < -0.39 is 0 Å². The van der Waals surface area contributed by atoms with Crippen LogP contribution in [0.3, 0.4) is 0 Å². The van der Waals surface area contributed by atoms with Crippen LogP contribution in [0.15, 0.2) is 30.3 Å². The van der Waals surface area contributed by atoms with Gasteiger partial charge in [-0.2, -0.15) is 0 Å². The number of aromatic amines is 1. The Balaban J connectivity index is 1.32. The minimum Gasteiger partial charge on any atom is -0.343 e. The summed E-state index contributed by atoms with van der Waals surface area (Å²) in [6, 6.07) is 10.2. The maximum atomic E-state index is 13.3. The van der Waals surface area contributed by atoms with Crippen molar-refractivity contribution in [3.8, 4) is 11.4 Å². The quantitative estimate of drug-likeness (QED) is 0.729. The maximum absolute atomic E-state index is 13.3. The van der Waals surface area contributed by atoms with E-state index in [4.69, 9.17) is 0 Å². The number of carbonyl (C=O) groups is 2. The molecule has 2 aliphatic rings. The Hall–Kier alpha value is -2.67. The minimum absolute atomic E-state index is 0.00889. The highest BCUT2D eigenvalue weighted by Crippen LogP contribution is 2.25. The molecule has 2 aliphatic heterocycles. The van der Waals surface area contributed by atoms with E-state index in [2.05, 4.69) is 21.9 Å². The number of hydrogen-bond acceptors (Lipinski definition) is 4. The molecule has 0 radical (unpaired) electrons. The van der Waals surface area contributed by atoms with Crippen LogP contribution < -0.4 is 0 Å². The third-order valence-electron chi connectivity index (χ3n) is 7.34. The average Bonchev–Trinajstić information content (AvgIpc) is 3.24. The summed E-state index contributed by atoms with van der Waals surface area (Å²) in [5.41, 5.74) is 2.28. The van der Waals surface area contributed by atoms with Gasteiger partial charge in [-0.15, -0.1) is 0 Å². The van der Waals surface area contributed by atoms with Crippen LogP contribution in [0.25, 0.3) is 11.4 Å². The normalized spacial score (nSPS) is 20.1. The molecular formula is C26H37N5O2. The van der Waals surface area contributed by atoms with Crippen molar-refractivity contribution in [2.45, 2.75) is 51.5 Å². The van der Waals surface area contributed by atoms with Crippen molar-refractivity contribution in [1.82, 2.24) is 24.7 Å². The zero-order valence-electron chi connectivity index (χ0n) is 20.2. The van der Waals surface area contributed by atoms with Crippen molar-refractivity contribution in [3.63, 3.8) is 0 Å². The van der Waals surface area contributed by atoms with Crippen LogP contribution in [0.5, 0.6) is 0 Å². The van der Waals surface area contributed by atoms with Gasteiger partial charge in [0.05, 0.1) is 0 Å². The molecule has 2 saturated heterocycles. The maximum Gasteiger partial charge on any atom is 0.274 e. The highest BCUT2D eigenvalue weighted by atomic mass is 16.2. The third-order valence-corrected chi connectivity index (χ3v) is 7.34. The Bertz CT molecular complexity index is 949. The van der Waals surface area contributed by atoms with Gasteiger partial charge in [0.2, 0.25) is 5.91 Å². The summed E-state index contributed by atoms with van der Waals surface area (Å²) in [6.45, 7) is 5.48. The largest absolute Gasteiger partial charge is 0.343 e. The van der Waals surface area contributed by atoms with Crippen LogP contribution in [0.2, 0.25) is 0 Å². The van der Waals surface area contributed by atoms with E-state index in [0.717, 1.165) is 68.8 Å². The molecule has 0 unspecified atom stereocenters. The number of piperidine rings is 2. The van der Waals surface area contributed by atoms with Crippen LogP contribution in [-0.4, -0.2) is 82.8 Å². The first-order chi connectivity index (χ1) is 15.9. The van der Waals surface area contributed by atoms with E-state index in [0.29, 0.717) is 30.6 Å². The highest BCUT2D eigenvalue weighted by molar-refractivity contribution is 5.94. The van der Waals surface area contributed by atoms with E-state index in [-0.39, 0.29) is 11.8 Å². The first kappa shape index (κ1) is 23.5. The molecule has 0 aliphatic carbocycles. The predicted molar refractivity (Wildman–Crippen MR) is 130 cm³/mol. The van der Waals surface area contributed by atoms with E-state index in [1.165, 1.54) is 0 Å². The number of likely N-dealkylation sites (tertiary alicyclic amines) is 2. The molecule has 7 nitrogen and oxygen atoms in total. The molecule has 1 N–H and O–H groups in total. The number of nitrogens with zero attached hydrogens (tertiary/aromatic N) is 4. The van der Waals surface area contributed by atoms with E-state index in [1.807, 2.05) is 54.1 Å². The second-order valence-electron chi connectivity index (χ2n) is 9.76. The summed E-state index contributed by atoms with van der Waals surface area (Å²) in [4.78, 5) is 40.2. The van der Waals surface area contributed by atoms with Gasteiger partial charge in [-0.1, -0.05) is 30.3 Å². The molecule has 2 fully saturated rings. The number of carbonyl (C=O) groups excluding carboxylic acids is 2. The molecule has 0 saturated carbocycles. The molecule has 0 spiro atoms. The van der Waals surface area contributed by atoms with Gasteiger partial charge in [-0.25, -0.2) is 4.98 Å². The third kappa shape index (κ3) is 5.64. The molecule has 178 valence electrons. The fourth-order valence-electron chi connectivity index (χ4n) is 5.13. The van der Waals surface area contributed by atoms with Gasteiger partial charge in [-0.05, 0) is 65.1 Å². The Morgan fingerprint density at radius 2 is 1.85 bits per heavy atom. The summed E-state index contributed by atoms with van der Waals surface area (Å²) < 4.78 is 0. The van der Waals surface area contributed by atoms with E-state index in [1.54, 1.807) is 0 Å². The van der Waals surface area contributed by atoms with Crippen molar-refractivity contribution < 1.29 is 9.59 Å². The summed E-state index contributed by atoms with van der Waals surface area (Å²) in [5.74, 6) is 1.33. The zero-order valence-corrected chi connectivity index (χ0v) is 20.2. The molecular weight excluding hydrogens is 414 g/mol. The summed E-state index contributed by atoms with van der Waals surface area (Å²) in [7, 11) is 4.10. The van der Waals surface area contributed by atoms with Crippen molar-refractivity contribution in [3.05, 3.63) is 41.7 Å². The summed E-state index contributed by atoms with van der Waals surface area (Å²) >= 11 is 0. The molecule has 1 aromatic heterocycles. The SMILES string of the molecule is Cc1[nH]c(-c2ccccc2)nc1C(=O)N1CCC[C@H](CCC(=O)N(C)C2CCN(C)CC2)C1. The minimum atomic E-state index is -0.00889. The molecule has 3 heterocycles. The Kier molecular flexibility index (Phi) is 7.48. The fraction of sp³-hybridized carbons (Fsp3) is 0.577. The molecule has 1 atom stereocenters. The van der Waals surface area contributed by atoms with Crippen molar-refractivity contribution in [2.75, 3.05) is 40.3 Å². The van der Waals surface area contributed by atoms with Crippen LogP contribution in [0.1, 0.15) is 54.7 Å². The summed E-state index contributed by atoms with van der Waals surface area (Å²) in [5, 5.41) is 0. The molecule has 4 rings (SSSR count). The van der Waals surface area contributed by atoms with Crippen molar-refractivity contribution in [2.24, 2.45) is 5.92 Å². The number of aromatic nitrogens is 2. The number of hydrogen-bond donors (Lipinski definition) is 1. The number of imidazole rings is 1. The second kappa shape index (κ2) is 10.5. The Labute approximate surface area is 197 Å². The molecule has 0 bridgehead atoms. The monoisotopic (exact) mass is 451 g/mol. The van der Waals surface area contributed by atoms with Gasteiger partial charge in [0.25, 0.3) is 5.91 Å². The van der Waals surface area contributed by atoms with Gasteiger partial charge < -0.3 is 19.7 Å². The van der Waals surface area contributed by atoms with Crippen LogP contribution in [-0.2, 0) is 4.79 Å². The molecule has 7 heteroatoms. The number of benzene rings is 1. The van der Waals surface area contributed by atoms with Crippen molar-refractivity contribution in [1.29, 1.82) is 0 Å². The molecule has 1 aromatic carbocycles.